The number of aliphatic hydroxyl groups is 1. The van der Waals surface area contributed by atoms with Crippen molar-refractivity contribution < 1.29 is 27.9 Å². The van der Waals surface area contributed by atoms with Crippen molar-refractivity contribution in [3.05, 3.63) is 40.1 Å². The van der Waals surface area contributed by atoms with Crippen molar-refractivity contribution in [2.24, 2.45) is 0 Å². The lowest BCUT2D eigenvalue weighted by molar-refractivity contribution is -0.113. The molecule has 142 valence electrons. The van der Waals surface area contributed by atoms with Gasteiger partial charge in [0, 0.05) is 19.8 Å². The highest BCUT2D eigenvalue weighted by Gasteiger charge is 2.23. The second kappa shape index (κ2) is 8.43. The summed E-state index contributed by atoms with van der Waals surface area (Å²) in [6.07, 6.45) is 0. The summed E-state index contributed by atoms with van der Waals surface area (Å²) in [5, 5.41) is 17.3. The monoisotopic (exact) mass is 402 g/mol. The maximum absolute atomic E-state index is 12.2. The molecule has 0 saturated carbocycles. The lowest BCUT2D eigenvalue weighted by Gasteiger charge is -2.14. The maximum Gasteiger partial charge on any atom is 0.338 e. The van der Waals surface area contributed by atoms with Gasteiger partial charge in [0.25, 0.3) is 0 Å². The van der Waals surface area contributed by atoms with Crippen LogP contribution >= 0.6 is 11.6 Å². The molecule has 0 aromatic heterocycles. The molecule has 1 aromatic carbocycles. The summed E-state index contributed by atoms with van der Waals surface area (Å²) in [6, 6.07) is 3.58. The van der Waals surface area contributed by atoms with Gasteiger partial charge in [-0.2, -0.15) is 0 Å². The van der Waals surface area contributed by atoms with E-state index in [1.807, 2.05) is 0 Å². The summed E-state index contributed by atoms with van der Waals surface area (Å²) >= 11 is 5.90. The highest BCUT2D eigenvalue weighted by atomic mass is 35.5. The number of rotatable bonds is 7. The molecule has 1 rings (SSSR count). The summed E-state index contributed by atoms with van der Waals surface area (Å²) in [5.74, 6) is -2.03. The fourth-order valence-corrected chi connectivity index (χ4v) is 3.39. The number of allylic oxidation sites excluding steroid dienone is 1. The Morgan fingerprint density at radius 3 is 2.31 bits per heavy atom. The fraction of sp³-hybridized carbons (Fsp3) is 0.312. The molecular formula is C16H19ClN2O6S. The number of carbonyl (C=O) groups is 2. The van der Waals surface area contributed by atoms with E-state index in [4.69, 9.17) is 21.7 Å². The van der Waals surface area contributed by atoms with Crippen molar-refractivity contribution in [1.82, 2.24) is 4.31 Å². The van der Waals surface area contributed by atoms with Crippen molar-refractivity contribution in [2.75, 3.05) is 20.7 Å². The van der Waals surface area contributed by atoms with Gasteiger partial charge in [0.1, 0.15) is 17.3 Å². The van der Waals surface area contributed by atoms with Crippen LogP contribution in [0.1, 0.15) is 24.2 Å². The molecule has 10 heteroatoms. The average Bonchev–Trinajstić information content (AvgIpc) is 2.51. The largest absolute Gasteiger partial charge is 0.508 e. The summed E-state index contributed by atoms with van der Waals surface area (Å²) in [5.41, 5.74) is -0.514. The third-order valence-corrected chi connectivity index (χ3v) is 5.58. The zero-order valence-corrected chi connectivity index (χ0v) is 16.2. The van der Waals surface area contributed by atoms with E-state index in [-0.39, 0.29) is 26.8 Å². The number of hydrogen-bond acceptors (Lipinski definition) is 7. The van der Waals surface area contributed by atoms with E-state index in [0.29, 0.717) is 0 Å². The van der Waals surface area contributed by atoms with Gasteiger partial charge in [0.15, 0.2) is 5.78 Å². The summed E-state index contributed by atoms with van der Waals surface area (Å²) in [4.78, 5) is 23.3. The Bertz CT molecular complexity index is 874. The molecule has 0 bridgehead atoms. The van der Waals surface area contributed by atoms with Crippen LogP contribution in [0.3, 0.4) is 0 Å². The van der Waals surface area contributed by atoms with Crippen LogP contribution in [0.5, 0.6) is 0 Å². The van der Waals surface area contributed by atoms with Crippen LogP contribution < -0.4 is 0 Å². The van der Waals surface area contributed by atoms with E-state index in [1.165, 1.54) is 40.1 Å². The maximum atomic E-state index is 12.2. The van der Waals surface area contributed by atoms with Gasteiger partial charge in [-0.1, -0.05) is 11.6 Å². The van der Waals surface area contributed by atoms with Crippen molar-refractivity contribution in [2.45, 2.75) is 18.7 Å². The molecular weight excluding hydrogens is 384 g/mol. The molecule has 0 fully saturated rings. The van der Waals surface area contributed by atoms with Crippen LogP contribution in [-0.4, -0.2) is 56.0 Å². The number of ketones is 1. The third-order valence-electron chi connectivity index (χ3n) is 3.28. The van der Waals surface area contributed by atoms with E-state index in [0.717, 1.165) is 10.4 Å². The molecule has 0 aliphatic heterocycles. The number of ether oxygens (including phenoxy) is 1. The van der Waals surface area contributed by atoms with Gasteiger partial charge in [0.2, 0.25) is 10.0 Å². The van der Waals surface area contributed by atoms with Gasteiger partial charge in [0.05, 0.1) is 16.2 Å². The van der Waals surface area contributed by atoms with Gasteiger partial charge in [-0.25, -0.2) is 17.5 Å². The zero-order chi connectivity index (χ0) is 20.2. The van der Waals surface area contributed by atoms with Gasteiger partial charge in [-0.05, 0) is 32.0 Å². The van der Waals surface area contributed by atoms with Crippen molar-refractivity contribution in [3.8, 4) is 0 Å². The molecule has 0 saturated heterocycles. The normalized spacial score (nSPS) is 12.5. The smallest absolute Gasteiger partial charge is 0.338 e. The molecule has 0 unspecified atom stereocenters. The molecule has 1 aromatic rings. The average molecular weight is 403 g/mol. The predicted octanol–water partition coefficient (Wildman–Crippen LogP) is 2.19. The number of Topliss-reactive ketones (excluding diaryl/α,β-unsaturated/α-hetero) is 1. The molecule has 26 heavy (non-hydrogen) atoms. The summed E-state index contributed by atoms with van der Waals surface area (Å²) in [7, 11) is -1.22. The van der Waals surface area contributed by atoms with Crippen LogP contribution in [-0.2, 0) is 19.6 Å². The third kappa shape index (κ3) is 4.90. The Kier molecular flexibility index (Phi) is 7.08. The van der Waals surface area contributed by atoms with E-state index in [9.17, 15) is 23.1 Å². The van der Waals surface area contributed by atoms with E-state index < -0.39 is 34.1 Å². The second-order valence-corrected chi connectivity index (χ2v) is 8.04. The first-order valence-electron chi connectivity index (χ1n) is 7.27. The van der Waals surface area contributed by atoms with E-state index >= 15 is 0 Å². The Hall–Kier alpha value is -2.23. The van der Waals surface area contributed by atoms with E-state index in [1.54, 1.807) is 0 Å². The number of carbonyl (C=O) groups excluding carboxylic acids is 2. The van der Waals surface area contributed by atoms with Gasteiger partial charge in [-0.15, -0.1) is 0 Å². The number of aliphatic hydroxyl groups excluding tert-OH is 1. The molecule has 0 radical (unpaired) electrons. The Labute approximate surface area is 156 Å². The standard InChI is InChI=1S/C16H19ClN2O6S/c1-9(18)15(10(2)20)13(21)8-25-16(22)11-5-6-12(17)14(7-11)26(23,24)19(3)4/h5-7,18,21H,8H2,1-4H3/b15-13-,18-9?. The number of halogens is 1. The minimum atomic E-state index is -3.87. The number of hydrogen-bond donors (Lipinski definition) is 2. The Balaban J connectivity index is 3.12. The molecule has 0 amide bonds. The van der Waals surface area contributed by atoms with Gasteiger partial charge in [-0.3, -0.25) is 4.79 Å². The highest BCUT2D eigenvalue weighted by molar-refractivity contribution is 7.89. The topological polar surface area (TPSA) is 125 Å². The SMILES string of the molecule is CC(=N)/C(C(C)=O)=C(/O)COC(=O)c1ccc(Cl)c(S(=O)(=O)N(C)C)c1. The van der Waals surface area contributed by atoms with Crippen LogP contribution in [0.25, 0.3) is 0 Å². The van der Waals surface area contributed by atoms with Crippen LogP contribution in [0, 0.1) is 5.41 Å². The number of sulfonamides is 1. The minimum Gasteiger partial charge on any atom is -0.508 e. The predicted molar refractivity (Wildman–Crippen MR) is 96.3 cm³/mol. The number of benzene rings is 1. The van der Waals surface area contributed by atoms with E-state index in [2.05, 4.69) is 0 Å². The summed E-state index contributed by atoms with van der Waals surface area (Å²) in [6.45, 7) is 1.84. The first-order valence-corrected chi connectivity index (χ1v) is 9.09. The number of nitrogens with zero attached hydrogens (tertiary/aromatic N) is 1. The van der Waals surface area contributed by atoms with Gasteiger partial charge >= 0.3 is 5.97 Å². The highest BCUT2D eigenvalue weighted by Crippen LogP contribution is 2.25. The molecule has 0 heterocycles. The van der Waals surface area contributed by atoms with Crippen LogP contribution in [0.4, 0.5) is 0 Å². The first-order chi connectivity index (χ1) is 11.9. The molecule has 0 atom stereocenters. The lowest BCUT2D eigenvalue weighted by Crippen LogP contribution is -2.23. The van der Waals surface area contributed by atoms with Crippen molar-refractivity contribution >= 4 is 39.1 Å². The Morgan fingerprint density at radius 2 is 1.85 bits per heavy atom. The number of nitrogens with one attached hydrogen (secondary N) is 1. The first kappa shape index (κ1) is 21.8. The fourth-order valence-electron chi connectivity index (χ4n) is 2.00. The second-order valence-electron chi connectivity index (χ2n) is 5.51. The molecule has 0 aliphatic rings. The Morgan fingerprint density at radius 1 is 1.27 bits per heavy atom. The zero-order valence-electron chi connectivity index (χ0n) is 14.7. The van der Waals surface area contributed by atoms with Gasteiger partial charge < -0.3 is 15.3 Å². The summed E-state index contributed by atoms with van der Waals surface area (Å²) < 4.78 is 30.3. The minimum absolute atomic E-state index is 0.0590. The van der Waals surface area contributed by atoms with Crippen LogP contribution in [0.15, 0.2) is 34.4 Å². The van der Waals surface area contributed by atoms with Crippen molar-refractivity contribution in [3.63, 3.8) is 0 Å². The lowest BCUT2D eigenvalue weighted by atomic mass is 10.1. The number of esters is 1. The van der Waals surface area contributed by atoms with Crippen LogP contribution in [0.2, 0.25) is 5.02 Å². The molecule has 0 aliphatic carbocycles. The molecule has 0 spiro atoms. The molecule has 2 N–H and O–H groups in total. The molecule has 8 nitrogen and oxygen atoms in total. The van der Waals surface area contributed by atoms with Crippen molar-refractivity contribution in [1.29, 1.82) is 5.41 Å². The quantitative estimate of drug-likeness (QED) is 0.311.